The number of nitrogens with zero attached hydrogens (tertiary/aromatic N) is 2. The van der Waals surface area contributed by atoms with Crippen LogP contribution in [0.1, 0.15) is 67.7 Å². The monoisotopic (exact) mass is 382 g/mol. The van der Waals surface area contributed by atoms with Crippen molar-refractivity contribution in [3.05, 3.63) is 0 Å². The lowest BCUT2D eigenvalue weighted by Gasteiger charge is -2.54. The number of rotatable bonds is 3. The van der Waals surface area contributed by atoms with E-state index in [1.54, 1.807) is 0 Å². The minimum Gasteiger partial charge on any atom is -0.372 e. The molecule has 5 heteroatoms. The molecule has 27 heavy (non-hydrogen) atoms. The maximum absolute atomic E-state index is 13.7. The highest BCUT2D eigenvalue weighted by molar-refractivity contribution is 5.25. The Morgan fingerprint density at radius 2 is 1.85 bits per heavy atom. The third kappa shape index (κ3) is 3.02. The number of halogens is 2. The molecule has 7 atom stereocenters. The molecule has 0 radical (unpaired) electrons. The molecule has 1 saturated heterocycles. The van der Waals surface area contributed by atoms with E-state index in [1.165, 1.54) is 0 Å². The van der Waals surface area contributed by atoms with Crippen LogP contribution in [-0.4, -0.2) is 41.7 Å². The van der Waals surface area contributed by atoms with E-state index in [0.717, 1.165) is 6.42 Å². The average Bonchev–Trinajstić information content (AvgIpc) is 3.08. The van der Waals surface area contributed by atoms with Crippen molar-refractivity contribution < 1.29 is 13.5 Å². The minimum atomic E-state index is -2.38. The summed E-state index contributed by atoms with van der Waals surface area (Å²) >= 11 is 0. The van der Waals surface area contributed by atoms with E-state index in [-0.39, 0.29) is 47.1 Å². The molecule has 3 fully saturated rings. The Labute approximate surface area is 163 Å². The van der Waals surface area contributed by atoms with Crippen LogP contribution in [0, 0.1) is 39.9 Å². The number of alkyl halides is 2. The molecule has 0 aromatic rings. The summed E-state index contributed by atoms with van der Waals surface area (Å²) in [6, 6.07) is 2.29. The Morgan fingerprint density at radius 1 is 1.26 bits per heavy atom. The zero-order chi connectivity index (χ0) is 20.4. The molecule has 1 aliphatic heterocycles. The van der Waals surface area contributed by atoms with Gasteiger partial charge >= 0.3 is 0 Å². The summed E-state index contributed by atoms with van der Waals surface area (Å²) in [6.45, 7) is 15.3. The van der Waals surface area contributed by atoms with Crippen molar-refractivity contribution in [3.8, 4) is 6.07 Å². The molecule has 0 aromatic heterocycles. The molecule has 0 amide bonds. The predicted molar refractivity (Wildman–Crippen MR) is 102 cm³/mol. The van der Waals surface area contributed by atoms with Crippen LogP contribution in [0.15, 0.2) is 0 Å². The van der Waals surface area contributed by atoms with Crippen LogP contribution in [0.4, 0.5) is 8.78 Å². The first-order valence-electron chi connectivity index (χ1n) is 10.5. The summed E-state index contributed by atoms with van der Waals surface area (Å²) < 4.78 is 34.3. The SMILES string of the molecule is CC(C)C1(C)C(C(C)(C)C)OC2CC(C#N)CC2N(CC(F)F)C12CC2C. The molecule has 0 aromatic carbocycles. The van der Waals surface area contributed by atoms with Crippen molar-refractivity contribution in [1.82, 2.24) is 4.90 Å². The average molecular weight is 383 g/mol. The first-order chi connectivity index (χ1) is 12.4. The third-order valence-electron chi connectivity index (χ3n) is 7.95. The third-order valence-corrected chi connectivity index (χ3v) is 7.95. The van der Waals surface area contributed by atoms with Gasteiger partial charge in [0, 0.05) is 17.0 Å². The van der Waals surface area contributed by atoms with Gasteiger partial charge < -0.3 is 4.74 Å². The second-order valence-corrected chi connectivity index (χ2v) is 10.8. The highest BCUT2D eigenvalue weighted by Crippen LogP contribution is 2.68. The largest absolute Gasteiger partial charge is 0.372 e. The quantitative estimate of drug-likeness (QED) is 0.680. The summed E-state index contributed by atoms with van der Waals surface area (Å²) in [6.07, 6.45) is -0.311. The Hall–Kier alpha value is -0.730. The van der Waals surface area contributed by atoms with Gasteiger partial charge in [-0.3, -0.25) is 4.90 Å². The Bertz CT molecular complexity index is 610. The molecular formula is C22H36F2N2O. The van der Waals surface area contributed by atoms with Gasteiger partial charge in [-0.1, -0.05) is 48.5 Å². The molecule has 3 aliphatic rings. The number of hydrogen-bond acceptors (Lipinski definition) is 3. The van der Waals surface area contributed by atoms with E-state index >= 15 is 0 Å². The number of nitriles is 1. The standard InChI is InChI=1S/C22H36F2N2O/c1-13(2)21(7)19(20(4,5)6)27-17-9-15(11-25)8-16(17)26(12-18(23)24)22(21)10-14(22)3/h13-19H,8-10,12H2,1-7H3. The van der Waals surface area contributed by atoms with Gasteiger partial charge in [-0.25, -0.2) is 8.78 Å². The van der Waals surface area contributed by atoms with Crippen molar-refractivity contribution >= 4 is 0 Å². The van der Waals surface area contributed by atoms with Crippen molar-refractivity contribution in [1.29, 1.82) is 5.26 Å². The fourth-order valence-electron chi connectivity index (χ4n) is 6.62. The molecule has 154 valence electrons. The summed E-state index contributed by atoms with van der Waals surface area (Å²) in [7, 11) is 0. The second-order valence-electron chi connectivity index (χ2n) is 10.8. The van der Waals surface area contributed by atoms with Gasteiger partial charge in [0.2, 0.25) is 0 Å². The number of hydrogen-bond donors (Lipinski definition) is 0. The summed E-state index contributed by atoms with van der Waals surface area (Å²) in [5, 5.41) is 9.49. The van der Waals surface area contributed by atoms with Crippen molar-refractivity contribution in [2.24, 2.45) is 28.6 Å². The van der Waals surface area contributed by atoms with Gasteiger partial charge in [0.1, 0.15) is 0 Å². The zero-order valence-corrected chi connectivity index (χ0v) is 17.9. The highest BCUT2D eigenvalue weighted by atomic mass is 19.3. The van der Waals surface area contributed by atoms with Gasteiger partial charge in [0.15, 0.2) is 0 Å². The maximum Gasteiger partial charge on any atom is 0.251 e. The summed E-state index contributed by atoms with van der Waals surface area (Å²) in [5.74, 6) is 0.560. The Morgan fingerprint density at radius 3 is 2.26 bits per heavy atom. The van der Waals surface area contributed by atoms with E-state index in [4.69, 9.17) is 4.74 Å². The molecule has 1 heterocycles. The normalized spacial score (nSPS) is 45.2. The van der Waals surface area contributed by atoms with E-state index in [9.17, 15) is 14.0 Å². The lowest BCUT2D eigenvalue weighted by Crippen LogP contribution is -2.61. The smallest absolute Gasteiger partial charge is 0.251 e. The van der Waals surface area contributed by atoms with Crippen LogP contribution in [0.25, 0.3) is 0 Å². The molecule has 3 nitrogen and oxygen atoms in total. The molecular weight excluding hydrogens is 346 g/mol. The molecule has 7 unspecified atom stereocenters. The molecule has 2 saturated carbocycles. The van der Waals surface area contributed by atoms with E-state index in [0.29, 0.717) is 24.7 Å². The topological polar surface area (TPSA) is 36.3 Å². The van der Waals surface area contributed by atoms with Crippen LogP contribution in [0.2, 0.25) is 0 Å². The first kappa shape index (κ1) is 21.0. The summed E-state index contributed by atoms with van der Waals surface area (Å²) in [4.78, 5) is 2.11. The molecule has 0 N–H and O–H groups in total. The number of ether oxygens (including phenoxy) is 1. The van der Waals surface area contributed by atoms with E-state index in [1.807, 2.05) is 0 Å². The lowest BCUT2D eigenvalue weighted by atomic mass is 9.59. The number of fused-ring (bicyclic) bond motifs is 1. The highest BCUT2D eigenvalue weighted by Gasteiger charge is 2.73. The maximum atomic E-state index is 13.7. The Balaban J connectivity index is 2.17. The fourth-order valence-corrected chi connectivity index (χ4v) is 6.62. The second kappa shape index (κ2) is 6.66. The van der Waals surface area contributed by atoms with Crippen LogP contribution in [0.5, 0.6) is 0 Å². The fraction of sp³-hybridized carbons (Fsp3) is 0.955. The van der Waals surface area contributed by atoms with Crippen LogP contribution >= 0.6 is 0 Å². The van der Waals surface area contributed by atoms with Crippen LogP contribution in [-0.2, 0) is 4.74 Å². The van der Waals surface area contributed by atoms with E-state index < -0.39 is 6.43 Å². The van der Waals surface area contributed by atoms with Gasteiger partial charge in [-0.05, 0) is 36.5 Å². The van der Waals surface area contributed by atoms with Crippen molar-refractivity contribution in [2.75, 3.05) is 6.54 Å². The molecule has 1 spiro atoms. The molecule has 2 aliphatic carbocycles. The zero-order valence-electron chi connectivity index (χ0n) is 17.9. The molecule has 0 bridgehead atoms. The summed E-state index contributed by atoms with van der Waals surface area (Å²) in [5.41, 5.74) is -0.615. The predicted octanol–water partition coefficient (Wildman–Crippen LogP) is 5.11. The first-order valence-corrected chi connectivity index (χ1v) is 10.5. The van der Waals surface area contributed by atoms with E-state index in [2.05, 4.69) is 59.4 Å². The van der Waals surface area contributed by atoms with Gasteiger partial charge in [-0.15, -0.1) is 0 Å². The van der Waals surface area contributed by atoms with Crippen LogP contribution < -0.4 is 0 Å². The van der Waals surface area contributed by atoms with Gasteiger partial charge in [-0.2, -0.15) is 5.26 Å². The van der Waals surface area contributed by atoms with Crippen molar-refractivity contribution in [2.45, 2.75) is 97.9 Å². The van der Waals surface area contributed by atoms with Crippen LogP contribution in [0.3, 0.4) is 0 Å². The Kier molecular flexibility index (Phi) is 5.18. The van der Waals surface area contributed by atoms with Gasteiger partial charge in [0.25, 0.3) is 6.43 Å². The van der Waals surface area contributed by atoms with Gasteiger partial charge in [0.05, 0.1) is 30.7 Å². The van der Waals surface area contributed by atoms with Crippen molar-refractivity contribution in [3.63, 3.8) is 0 Å². The minimum absolute atomic E-state index is 0.0393. The lowest BCUT2D eigenvalue weighted by molar-refractivity contribution is -0.146. The molecule has 3 rings (SSSR count).